The molecule has 0 atom stereocenters. The highest BCUT2D eigenvalue weighted by atomic mass is 32.2. The lowest BCUT2D eigenvalue weighted by atomic mass is 10.2. The number of carbonyl (C=O) groups excluding carboxylic acids is 1. The summed E-state index contributed by atoms with van der Waals surface area (Å²) in [5, 5.41) is 10.6. The van der Waals surface area contributed by atoms with Gasteiger partial charge in [0.2, 0.25) is 21.7 Å². The molecule has 1 heterocycles. The summed E-state index contributed by atoms with van der Waals surface area (Å²) in [5.41, 5.74) is 1.61. The number of carbonyl (C=O) groups is 1. The third-order valence-electron chi connectivity index (χ3n) is 6.28. The van der Waals surface area contributed by atoms with E-state index in [-0.39, 0.29) is 35.0 Å². The quantitative estimate of drug-likeness (QED) is 0.189. The van der Waals surface area contributed by atoms with E-state index in [2.05, 4.69) is 15.5 Å². The standard InChI is InChI=1S/C31H36N4O7S/c1-6-39-26-18-24(19-27(40-7-2)28(26)41-8-3)30-33-34-31(42-30)32-29(36)23-14-16-25(17-15-23)43(37,38)35(21(4)5)20-22-12-10-9-11-13-22/h9-19,21H,6-8,20H2,1-5H3,(H,32,34,36). The van der Waals surface area contributed by atoms with Gasteiger partial charge in [-0.15, -0.1) is 5.10 Å². The van der Waals surface area contributed by atoms with Crippen molar-refractivity contribution in [1.82, 2.24) is 14.5 Å². The van der Waals surface area contributed by atoms with Gasteiger partial charge in [0.1, 0.15) is 0 Å². The number of nitrogens with one attached hydrogen (secondary N) is 1. The van der Waals surface area contributed by atoms with Gasteiger partial charge in [0.05, 0.1) is 24.7 Å². The minimum absolute atomic E-state index is 0.0828. The molecule has 1 amide bonds. The van der Waals surface area contributed by atoms with Gasteiger partial charge in [-0.1, -0.05) is 35.4 Å². The second-order valence-electron chi connectivity index (χ2n) is 9.62. The van der Waals surface area contributed by atoms with Crippen molar-refractivity contribution in [3.8, 4) is 28.7 Å². The van der Waals surface area contributed by atoms with Crippen molar-refractivity contribution in [2.75, 3.05) is 25.1 Å². The third kappa shape index (κ3) is 7.51. The van der Waals surface area contributed by atoms with Gasteiger partial charge in [0.15, 0.2) is 11.5 Å². The molecule has 0 fully saturated rings. The zero-order chi connectivity index (χ0) is 31.0. The molecule has 1 N–H and O–H groups in total. The summed E-state index contributed by atoms with van der Waals surface area (Å²) in [6.45, 7) is 10.7. The Morgan fingerprint density at radius 2 is 1.49 bits per heavy atom. The Bertz CT molecular complexity index is 1590. The van der Waals surface area contributed by atoms with Crippen LogP contribution in [0.1, 0.15) is 50.5 Å². The predicted octanol–water partition coefficient (Wildman–Crippen LogP) is 5.78. The van der Waals surface area contributed by atoms with E-state index in [0.717, 1.165) is 5.56 Å². The van der Waals surface area contributed by atoms with Crippen LogP contribution in [0.3, 0.4) is 0 Å². The molecule has 0 spiro atoms. The van der Waals surface area contributed by atoms with E-state index in [9.17, 15) is 13.2 Å². The Morgan fingerprint density at radius 1 is 0.884 bits per heavy atom. The maximum atomic E-state index is 13.4. The van der Waals surface area contributed by atoms with E-state index < -0.39 is 15.9 Å². The number of amides is 1. The van der Waals surface area contributed by atoms with E-state index in [1.165, 1.54) is 28.6 Å². The summed E-state index contributed by atoms with van der Waals surface area (Å²) in [6, 6.07) is 18.1. The molecule has 3 aromatic carbocycles. The van der Waals surface area contributed by atoms with E-state index in [0.29, 0.717) is 42.6 Å². The fraction of sp³-hybridized carbons (Fsp3) is 0.323. The molecule has 4 aromatic rings. The van der Waals surface area contributed by atoms with Crippen LogP contribution in [0.2, 0.25) is 0 Å². The number of rotatable bonds is 14. The van der Waals surface area contributed by atoms with Gasteiger partial charge < -0.3 is 18.6 Å². The molecule has 4 rings (SSSR count). The summed E-state index contributed by atoms with van der Waals surface area (Å²) >= 11 is 0. The first-order chi connectivity index (χ1) is 20.7. The molecule has 228 valence electrons. The van der Waals surface area contributed by atoms with Crippen molar-refractivity contribution in [3.63, 3.8) is 0 Å². The Hall–Kier alpha value is -4.42. The molecule has 11 nitrogen and oxygen atoms in total. The predicted molar refractivity (Wildman–Crippen MR) is 162 cm³/mol. The largest absolute Gasteiger partial charge is 0.490 e. The molecule has 43 heavy (non-hydrogen) atoms. The van der Waals surface area contributed by atoms with Crippen molar-refractivity contribution in [2.45, 2.75) is 52.1 Å². The van der Waals surface area contributed by atoms with Crippen LogP contribution < -0.4 is 19.5 Å². The number of anilines is 1. The number of ether oxygens (including phenoxy) is 3. The monoisotopic (exact) mass is 608 g/mol. The van der Waals surface area contributed by atoms with Crippen molar-refractivity contribution < 1.29 is 31.8 Å². The van der Waals surface area contributed by atoms with E-state index in [4.69, 9.17) is 18.6 Å². The van der Waals surface area contributed by atoms with Crippen molar-refractivity contribution in [2.24, 2.45) is 0 Å². The van der Waals surface area contributed by atoms with Gasteiger partial charge in [-0.3, -0.25) is 10.1 Å². The van der Waals surface area contributed by atoms with E-state index >= 15 is 0 Å². The van der Waals surface area contributed by atoms with Gasteiger partial charge in [-0.25, -0.2) is 8.42 Å². The Labute approximate surface area is 251 Å². The molecule has 0 unspecified atom stereocenters. The van der Waals surface area contributed by atoms with Gasteiger partial charge >= 0.3 is 6.01 Å². The minimum atomic E-state index is -3.82. The SMILES string of the molecule is CCOc1cc(-c2nnc(NC(=O)c3ccc(S(=O)(=O)N(Cc4ccccc4)C(C)C)cc3)o2)cc(OCC)c1OCC. The smallest absolute Gasteiger partial charge is 0.322 e. The van der Waals surface area contributed by atoms with Crippen molar-refractivity contribution in [3.05, 3.63) is 77.9 Å². The number of hydrogen-bond donors (Lipinski definition) is 1. The molecular weight excluding hydrogens is 572 g/mol. The van der Waals surface area contributed by atoms with Crippen LogP contribution in [0.5, 0.6) is 17.2 Å². The lowest BCUT2D eigenvalue weighted by Crippen LogP contribution is -2.36. The maximum absolute atomic E-state index is 13.4. The molecule has 0 saturated carbocycles. The topological polar surface area (TPSA) is 133 Å². The van der Waals surface area contributed by atoms with Gasteiger partial charge in [0.25, 0.3) is 5.91 Å². The zero-order valence-corrected chi connectivity index (χ0v) is 25.7. The average Bonchev–Trinajstić information content (AvgIpc) is 3.46. The summed E-state index contributed by atoms with van der Waals surface area (Å²) in [4.78, 5) is 13.0. The van der Waals surface area contributed by atoms with Crippen LogP contribution in [0, 0.1) is 0 Å². The Balaban J connectivity index is 1.51. The van der Waals surface area contributed by atoms with Crippen molar-refractivity contribution >= 4 is 21.9 Å². The summed E-state index contributed by atoms with van der Waals surface area (Å²) in [6.07, 6.45) is 0. The number of sulfonamides is 1. The fourth-order valence-corrected chi connectivity index (χ4v) is 5.92. The molecule has 0 bridgehead atoms. The summed E-state index contributed by atoms with van der Waals surface area (Å²) < 4.78 is 51.3. The molecule has 0 aliphatic carbocycles. The molecule has 0 aliphatic heterocycles. The molecule has 0 aliphatic rings. The van der Waals surface area contributed by atoms with Crippen LogP contribution in [-0.4, -0.2) is 54.7 Å². The first-order valence-corrected chi connectivity index (χ1v) is 15.5. The fourth-order valence-electron chi connectivity index (χ4n) is 4.29. The second kappa shape index (κ2) is 14.2. The molecule has 0 saturated heterocycles. The molecule has 12 heteroatoms. The van der Waals surface area contributed by atoms with Crippen LogP contribution >= 0.6 is 0 Å². The van der Waals surface area contributed by atoms with Crippen LogP contribution in [0.15, 0.2) is 76.0 Å². The van der Waals surface area contributed by atoms with Gasteiger partial charge in [0, 0.05) is 23.7 Å². The number of hydrogen-bond acceptors (Lipinski definition) is 9. The van der Waals surface area contributed by atoms with Crippen LogP contribution in [0.4, 0.5) is 6.01 Å². The second-order valence-corrected chi connectivity index (χ2v) is 11.5. The summed E-state index contributed by atoms with van der Waals surface area (Å²) in [5.74, 6) is 0.993. The Kier molecular flexibility index (Phi) is 10.4. The minimum Gasteiger partial charge on any atom is -0.490 e. The average molecular weight is 609 g/mol. The normalized spacial score (nSPS) is 11.5. The van der Waals surface area contributed by atoms with Crippen molar-refractivity contribution in [1.29, 1.82) is 0 Å². The highest BCUT2D eigenvalue weighted by Crippen LogP contribution is 2.42. The van der Waals surface area contributed by atoms with Gasteiger partial charge in [-0.05, 0) is 76.6 Å². The Morgan fingerprint density at radius 3 is 2.05 bits per heavy atom. The first kappa shape index (κ1) is 31.5. The summed E-state index contributed by atoms with van der Waals surface area (Å²) in [7, 11) is -3.82. The molecular formula is C31H36N4O7S. The van der Waals surface area contributed by atoms with Crippen LogP contribution in [0.25, 0.3) is 11.5 Å². The van der Waals surface area contributed by atoms with Crippen LogP contribution in [-0.2, 0) is 16.6 Å². The first-order valence-electron chi connectivity index (χ1n) is 14.0. The lowest BCUT2D eigenvalue weighted by molar-refractivity contribution is 0.102. The third-order valence-corrected chi connectivity index (χ3v) is 8.32. The number of nitrogens with zero attached hydrogens (tertiary/aromatic N) is 3. The number of aromatic nitrogens is 2. The highest BCUT2D eigenvalue weighted by molar-refractivity contribution is 7.89. The number of benzene rings is 3. The van der Waals surface area contributed by atoms with Gasteiger partial charge in [-0.2, -0.15) is 4.31 Å². The van der Waals surface area contributed by atoms with E-state index in [1.54, 1.807) is 12.1 Å². The maximum Gasteiger partial charge on any atom is 0.322 e. The zero-order valence-electron chi connectivity index (χ0n) is 24.9. The molecule has 1 aromatic heterocycles. The highest BCUT2D eigenvalue weighted by Gasteiger charge is 2.27. The molecule has 0 radical (unpaired) electrons. The van der Waals surface area contributed by atoms with E-state index in [1.807, 2.05) is 65.0 Å². The lowest BCUT2D eigenvalue weighted by Gasteiger charge is -2.26.